The van der Waals surface area contributed by atoms with Crippen LogP contribution in [0, 0.1) is 0 Å². The normalized spacial score (nSPS) is 22.2. The van der Waals surface area contributed by atoms with Crippen LogP contribution in [-0.2, 0) is 9.59 Å². The first-order chi connectivity index (χ1) is 10.0. The molecule has 0 spiro atoms. The van der Waals surface area contributed by atoms with E-state index in [-0.39, 0.29) is 12.5 Å². The van der Waals surface area contributed by atoms with Crippen molar-refractivity contribution in [1.82, 2.24) is 4.90 Å². The number of likely N-dealkylation sites (tertiary alicyclic amines) is 1. The lowest BCUT2D eigenvalue weighted by Gasteiger charge is -2.34. The van der Waals surface area contributed by atoms with Crippen molar-refractivity contribution < 1.29 is 14.7 Å². The van der Waals surface area contributed by atoms with Crippen LogP contribution in [0.4, 0.5) is 5.69 Å². The second-order valence-corrected chi connectivity index (χ2v) is 5.50. The lowest BCUT2D eigenvalue weighted by Crippen LogP contribution is -2.53. The molecular formula is C16H22N2O3. The molecule has 1 saturated heterocycles. The SMILES string of the molecule is CCC1(C(=O)O)CCCN1CC(=O)N(C)c1ccccc1. The van der Waals surface area contributed by atoms with Crippen LogP contribution in [0.2, 0.25) is 0 Å². The van der Waals surface area contributed by atoms with Crippen LogP contribution in [0.3, 0.4) is 0 Å². The average Bonchev–Trinajstić information content (AvgIpc) is 2.91. The van der Waals surface area contributed by atoms with Gasteiger partial charge in [-0.3, -0.25) is 14.5 Å². The zero-order valence-corrected chi connectivity index (χ0v) is 12.6. The molecule has 2 rings (SSSR count). The van der Waals surface area contributed by atoms with Crippen molar-refractivity contribution in [1.29, 1.82) is 0 Å². The van der Waals surface area contributed by atoms with Crippen molar-refractivity contribution in [3.05, 3.63) is 30.3 Å². The molecule has 1 heterocycles. The van der Waals surface area contributed by atoms with Gasteiger partial charge in [-0.1, -0.05) is 25.1 Å². The fraction of sp³-hybridized carbons (Fsp3) is 0.500. The number of carbonyl (C=O) groups excluding carboxylic acids is 1. The van der Waals surface area contributed by atoms with Gasteiger partial charge in [0, 0.05) is 12.7 Å². The van der Waals surface area contributed by atoms with Crippen LogP contribution in [0.15, 0.2) is 30.3 Å². The zero-order valence-electron chi connectivity index (χ0n) is 12.6. The number of aliphatic carboxylic acids is 1. The number of carbonyl (C=O) groups is 2. The first-order valence-electron chi connectivity index (χ1n) is 7.31. The summed E-state index contributed by atoms with van der Waals surface area (Å²) < 4.78 is 0. The van der Waals surface area contributed by atoms with E-state index in [0.717, 1.165) is 12.1 Å². The molecule has 5 heteroatoms. The van der Waals surface area contributed by atoms with Gasteiger partial charge in [0.1, 0.15) is 5.54 Å². The molecule has 1 aliphatic rings. The summed E-state index contributed by atoms with van der Waals surface area (Å²) in [5, 5.41) is 9.54. The van der Waals surface area contributed by atoms with Crippen molar-refractivity contribution in [2.75, 3.05) is 25.0 Å². The van der Waals surface area contributed by atoms with Crippen LogP contribution in [0.25, 0.3) is 0 Å². The monoisotopic (exact) mass is 290 g/mol. The van der Waals surface area contributed by atoms with Crippen molar-refractivity contribution in [2.45, 2.75) is 31.7 Å². The van der Waals surface area contributed by atoms with E-state index in [1.807, 2.05) is 42.2 Å². The highest BCUT2D eigenvalue weighted by molar-refractivity contribution is 5.94. The Bertz CT molecular complexity index is 518. The first-order valence-corrected chi connectivity index (χ1v) is 7.31. The third-order valence-electron chi connectivity index (χ3n) is 4.45. The Morgan fingerprint density at radius 2 is 2.00 bits per heavy atom. The van der Waals surface area contributed by atoms with E-state index >= 15 is 0 Å². The van der Waals surface area contributed by atoms with Crippen LogP contribution in [0.1, 0.15) is 26.2 Å². The molecule has 1 aliphatic heterocycles. The number of hydrogen-bond donors (Lipinski definition) is 1. The standard InChI is InChI=1S/C16H22N2O3/c1-3-16(15(20)21)10-7-11-18(16)12-14(19)17(2)13-8-5-4-6-9-13/h4-6,8-9H,3,7,10-12H2,1-2H3,(H,20,21). The zero-order chi connectivity index (χ0) is 15.5. The van der Waals surface area contributed by atoms with Gasteiger partial charge < -0.3 is 10.0 Å². The largest absolute Gasteiger partial charge is 0.480 e. The molecule has 5 nitrogen and oxygen atoms in total. The highest BCUT2D eigenvalue weighted by atomic mass is 16.4. The van der Waals surface area contributed by atoms with E-state index in [1.54, 1.807) is 11.9 Å². The molecule has 1 aromatic carbocycles. The number of likely N-dealkylation sites (N-methyl/N-ethyl adjacent to an activating group) is 1. The molecule has 1 amide bonds. The van der Waals surface area contributed by atoms with Crippen LogP contribution >= 0.6 is 0 Å². The van der Waals surface area contributed by atoms with Crippen molar-refractivity contribution in [3.8, 4) is 0 Å². The maximum absolute atomic E-state index is 12.4. The van der Waals surface area contributed by atoms with Gasteiger partial charge in [-0.25, -0.2) is 0 Å². The highest BCUT2D eigenvalue weighted by Crippen LogP contribution is 2.32. The number of amides is 1. The molecular weight excluding hydrogens is 268 g/mol. The number of carboxylic acid groups (broad SMARTS) is 1. The number of hydrogen-bond acceptors (Lipinski definition) is 3. The van der Waals surface area contributed by atoms with E-state index in [2.05, 4.69) is 0 Å². The Hall–Kier alpha value is -1.88. The topological polar surface area (TPSA) is 60.9 Å². The van der Waals surface area contributed by atoms with E-state index in [9.17, 15) is 14.7 Å². The lowest BCUT2D eigenvalue weighted by molar-refractivity contribution is -0.150. The van der Waals surface area contributed by atoms with Crippen molar-refractivity contribution in [3.63, 3.8) is 0 Å². The second kappa shape index (κ2) is 6.26. The molecule has 1 fully saturated rings. The van der Waals surface area contributed by atoms with Gasteiger partial charge in [-0.15, -0.1) is 0 Å². The summed E-state index contributed by atoms with van der Waals surface area (Å²) in [7, 11) is 1.72. The molecule has 1 aromatic rings. The summed E-state index contributed by atoms with van der Waals surface area (Å²) in [6.07, 6.45) is 1.95. The van der Waals surface area contributed by atoms with Gasteiger partial charge >= 0.3 is 5.97 Å². The second-order valence-electron chi connectivity index (χ2n) is 5.50. The third kappa shape index (κ3) is 2.93. The summed E-state index contributed by atoms with van der Waals surface area (Å²) >= 11 is 0. The molecule has 0 aromatic heterocycles. The maximum atomic E-state index is 12.4. The molecule has 1 atom stereocenters. The lowest BCUT2D eigenvalue weighted by atomic mass is 9.93. The van der Waals surface area contributed by atoms with E-state index in [4.69, 9.17) is 0 Å². The Morgan fingerprint density at radius 1 is 1.33 bits per heavy atom. The average molecular weight is 290 g/mol. The molecule has 0 saturated carbocycles. The van der Waals surface area contributed by atoms with Crippen LogP contribution in [0.5, 0.6) is 0 Å². The Balaban J connectivity index is 2.10. The van der Waals surface area contributed by atoms with Crippen molar-refractivity contribution in [2.24, 2.45) is 0 Å². The van der Waals surface area contributed by atoms with Gasteiger partial charge in [0.25, 0.3) is 0 Å². The van der Waals surface area contributed by atoms with Crippen LogP contribution in [-0.4, -0.2) is 47.6 Å². The Kier molecular flexibility index (Phi) is 4.63. The number of anilines is 1. The van der Waals surface area contributed by atoms with E-state index in [0.29, 0.717) is 19.4 Å². The molecule has 114 valence electrons. The predicted octanol–water partition coefficient (Wildman–Crippen LogP) is 1.98. The van der Waals surface area contributed by atoms with Gasteiger partial charge in [0.05, 0.1) is 6.54 Å². The minimum Gasteiger partial charge on any atom is -0.480 e. The number of nitrogens with zero attached hydrogens (tertiary/aromatic N) is 2. The fourth-order valence-corrected chi connectivity index (χ4v) is 3.02. The molecule has 1 unspecified atom stereocenters. The van der Waals surface area contributed by atoms with Gasteiger partial charge in [-0.2, -0.15) is 0 Å². The Morgan fingerprint density at radius 3 is 2.57 bits per heavy atom. The number of para-hydroxylation sites is 1. The maximum Gasteiger partial charge on any atom is 0.324 e. The summed E-state index contributed by atoms with van der Waals surface area (Å²) in [5.41, 5.74) is -0.0631. The molecule has 1 N–H and O–H groups in total. The number of rotatable bonds is 5. The van der Waals surface area contributed by atoms with Crippen molar-refractivity contribution >= 4 is 17.6 Å². The molecule has 0 aliphatic carbocycles. The molecule has 0 bridgehead atoms. The summed E-state index contributed by atoms with van der Waals surface area (Å²) in [6.45, 7) is 2.68. The smallest absolute Gasteiger partial charge is 0.324 e. The fourth-order valence-electron chi connectivity index (χ4n) is 3.02. The first kappa shape index (κ1) is 15.5. The Labute approximate surface area is 125 Å². The van der Waals surface area contributed by atoms with E-state index < -0.39 is 11.5 Å². The molecule has 0 radical (unpaired) electrons. The number of carboxylic acids is 1. The summed E-state index contributed by atoms with van der Waals surface area (Å²) in [6, 6.07) is 9.39. The molecule has 21 heavy (non-hydrogen) atoms. The quantitative estimate of drug-likeness (QED) is 0.900. The van der Waals surface area contributed by atoms with Gasteiger partial charge in [0.2, 0.25) is 5.91 Å². The predicted molar refractivity (Wildman–Crippen MR) is 81.3 cm³/mol. The van der Waals surface area contributed by atoms with Gasteiger partial charge in [0.15, 0.2) is 0 Å². The minimum atomic E-state index is -0.882. The van der Waals surface area contributed by atoms with E-state index in [1.165, 1.54) is 0 Å². The van der Waals surface area contributed by atoms with Crippen LogP contribution < -0.4 is 4.90 Å². The summed E-state index contributed by atoms with van der Waals surface area (Å²) in [5.74, 6) is -0.903. The highest BCUT2D eigenvalue weighted by Gasteiger charge is 2.46. The number of benzene rings is 1. The third-order valence-corrected chi connectivity index (χ3v) is 4.45. The summed E-state index contributed by atoms with van der Waals surface area (Å²) in [4.78, 5) is 27.4. The minimum absolute atomic E-state index is 0.0813. The van der Waals surface area contributed by atoms with Gasteiger partial charge in [-0.05, 0) is 37.9 Å².